The van der Waals surface area contributed by atoms with Crippen LogP contribution < -0.4 is 10.1 Å². The third-order valence-corrected chi connectivity index (χ3v) is 4.89. The average Bonchev–Trinajstić information content (AvgIpc) is 2.41. The summed E-state index contributed by atoms with van der Waals surface area (Å²) < 4.78 is 18.7. The summed E-state index contributed by atoms with van der Waals surface area (Å²) in [6, 6.07) is 5.48. The maximum atomic E-state index is 13.8. The van der Waals surface area contributed by atoms with E-state index in [2.05, 4.69) is 5.32 Å². The summed E-state index contributed by atoms with van der Waals surface area (Å²) in [5, 5.41) is 3.86. The molecule has 1 aliphatic rings. The fourth-order valence-corrected chi connectivity index (χ4v) is 3.96. The highest BCUT2D eigenvalue weighted by Gasteiger charge is 2.25. The Morgan fingerprint density at radius 3 is 2.83 bits per heavy atom. The van der Waals surface area contributed by atoms with Crippen LogP contribution in [-0.2, 0) is 0 Å². The lowest BCUT2D eigenvalue weighted by atomic mass is 9.99. The monoisotopic (exact) mass is 269 g/mol. The summed E-state index contributed by atoms with van der Waals surface area (Å²) in [7, 11) is 3.44. The largest absolute Gasteiger partial charge is 0.494 e. The molecule has 0 aliphatic carbocycles. The molecule has 1 aromatic carbocycles. The highest BCUT2D eigenvalue weighted by molar-refractivity contribution is 8.00. The smallest absolute Gasteiger partial charge is 0.165 e. The Bertz CT molecular complexity index is 393. The Hall–Kier alpha value is -0.740. The number of nitrogens with one attached hydrogen (secondary N) is 1. The van der Waals surface area contributed by atoms with Gasteiger partial charge in [-0.15, -0.1) is 0 Å². The van der Waals surface area contributed by atoms with Gasteiger partial charge in [-0.25, -0.2) is 4.39 Å². The van der Waals surface area contributed by atoms with Crippen LogP contribution in [0.15, 0.2) is 18.2 Å². The van der Waals surface area contributed by atoms with Gasteiger partial charge < -0.3 is 10.1 Å². The van der Waals surface area contributed by atoms with Gasteiger partial charge in [0, 0.05) is 11.3 Å². The standard InChI is InChI=1S/C14H20FNOS/c1-16-14(13-5-3-4-8-18-13)10-6-7-12(17-2)11(15)9-10/h6-7,9,13-14,16H,3-5,8H2,1-2H3. The molecule has 1 aliphatic heterocycles. The van der Waals surface area contributed by atoms with Crippen LogP contribution in [0.2, 0.25) is 0 Å². The van der Waals surface area contributed by atoms with Gasteiger partial charge in [0.2, 0.25) is 0 Å². The number of ether oxygens (including phenoxy) is 1. The summed E-state index contributed by atoms with van der Waals surface area (Å²) in [5.41, 5.74) is 1.01. The van der Waals surface area contributed by atoms with Crippen LogP contribution in [0.25, 0.3) is 0 Å². The lowest BCUT2D eigenvalue weighted by molar-refractivity contribution is 0.385. The second-order valence-corrected chi connectivity index (χ2v) is 5.91. The lowest BCUT2D eigenvalue weighted by Crippen LogP contribution is -2.29. The van der Waals surface area contributed by atoms with Crippen molar-refractivity contribution >= 4 is 11.8 Å². The molecule has 2 unspecified atom stereocenters. The van der Waals surface area contributed by atoms with E-state index in [1.165, 1.54) is 32.1 Å². The van der Waals surface area contributed by atoms with E-state index in [9.17, 15) is 4.39 Å². The van der Waals surface area contributed by atoms with Crippen molar-refractivity contribution in [1.82, 2.24) is 5.32 Å². The second-order valence-electron chi connectivity index (χ2n) is 4.57. The zero-order valence-corrected chi connectivity index (χ0v) is 11.7. The first kappa shape index (κ1) is 13.7. The van der Waals surface area contributed by atoms with E-state index < -0.39 is 0 Å². The van der Waals surface area contributed by atoms with Crippen molar-refractivity contribution in [3.63, 3.8) is 0 Å². The molecule has 18 heavy (non-hydrogen) atoms. The minimum atomic E-state index is -0.281. The molecule has 100 valence electrons. The van der Waals surface area contributed by atoms with Gasteiger partial charge in [-0.3, -0.25) is 0 Å². The molecule has 2 rings (SSSR count). The van der Waals surface area contributed by atoms with E-state index in [1.54, 1.807) is 12.1 Å². The molecule has 1 aromatic rings. The van der Waals surface area contributed by atoms with E-state index in [4.69, 9.17) is 4.74 Å². The molecule has 0 bridgehead atoms. The highest BCUT2D eigenvalue weighted by Crippen LogP contribution is 2.35. The van der Waals surface area contributed by atoms with Crippen molar-refractivity contribution in [1.29, 1.82) is 0 Å². The van der Waals surface area contributed by atoms with Gasteiger partial charge in [0.25, 0.3) is 0 Å². The van der Waals surface area contributed by atoms with Crippen molar-refractivity contribution < 1.29 is 9.13 Å². The van der Waals surface area contributed by atoms with Crippen LogP contribution in [0.1, 0.15) is 30.9 Å². The predicted octanol–water partition coefficient (Wildman–Crippen LogP) is 3.38. The van der Waals surface area contributed by atoms with Crippen molar-refractivity contribution in [3.8, 4) is 5.75 Å². The number of benzene rings is 1. The van der Waals surface area contributed by atoms with Gasteiger partial charge >= 0.3 is 0 Å². The molecule has 1 N–H and O–H groups in total. The normalized spacial score (nSPS) is 21.6. The summed E-state index contributed by atoms with van der Waals surface area (Å²) in [6.45, 7) is 0. The molecule has 0 radical (unpaired) electrons. The Balaban J connectivity index is 2.18. The van der Waals surface area contributed by atoms with Crippen LogP contribution in [0.5, 0.6) is 5.75 Å². The first-order valence-electron chi connectivity index (χ1n) is 6.38. The van der Waals surface area contributed by atoms with E-state index >= 15 is 0 Å². The van der Waals surface area contributed by atoms with Crippen LogP contribution in [-0.4, -0.2) is 25.2 Å². The molecule has 1 fully saturated rings. The van der Waals surface area contributed by atoms with Gasteiger partial charge in [-0.1, -0.05) is 12.5 Å². The van der Waals surface area contributed by atoms with Crippen LogP contribution >= 0.6 is 11.8 Å². The third-order valence-electron chi connectivity index (χ3n) is 3.43. The number of thioether (sulfide) groups is 1. The fraction of sp³-hybridized carbons (Fsp3) is 0.571. The highest BCUT2D eigenvalue weighted by atomic mass is 32.2. The van der Waals surface area contributed by atoms with Crippen molar-refractivity contribution in [3.05, 3.63) is 29.6 Å². The molecular formula is C14H20FNOS. The Morgan fingerprint density at radius 1 is 1.44 bits per heavy atom. The summed E-state index contributed by atoms with van der Waals surface area (Å²) in [5.74, 6) is 1.24. The second kappa shape index (κ2) is 6.43. The van der Waals surface area contributed by atoms with Gasteiger partial charge in [-0.2, -0.15) is 11.8 Å². The first-order valence-corrected chi connectivity index (χ1v) is 7.43. The van der Waals surface area contributed by atoms with Crippen molar-refractivity contribution in [2.24, 2.45) is 0 Å². The first-order chi connectivity index (χ1) is 8.76. The number of rotatable bonds is 4. The lowest BCUT2D eigenvalue weighted by Gasteiger charge is -2.30. The molecule has 0 aromatic heterocycles. The SMILES string of the molecule is CNC(c1ccc(OC)c(F)c1)C1CCCCS1. The number of hydrogen-bond donors (Lipinski definition) is 1. The predicted molar refractivity (Wildman–Crippen MR) is 74.8 cm³/mol. The molecule has 2 atom stereocenters. The van der Waals surface area contributed by atoms with Crippen LogP contribution in [0.4, 0.5) is 4.39 Å². The molecule has 1 saturated heterocycles. The molecule has 1 heterocycles. The average molecular weight is 269 g/mol. The molecule has 0 saturated carbocycles. The molecule has 4 heteroatoms. The van der Waals surface area contributed by atoms with Gasteiger partial charge in [0.15, 0.2) is 11.6 Å². The van der Waals surface area contributed by atoms with Crippen molar-refractivity contribution in [2.75, 3.05) is 19.9 Å². The summed E-state index contributed by atoms with van der Waals surface area (Å²) >= 11 is 1.99. The molecule has 0 spiro atoms. The Morgan fingerprint density at radius 2 is 2.28 bits per heavy atom. The Kier molecular flexibility index (Phi) is 4.89. The van der Waals surface area contributed by atoms with E-state index in [0.717, 1.165) is 5.56 Å². The zero-order valence-electron chi connectivity index (χ0n) is 10.9. The molecule has 2 nitrogen and oxygen atoms in total. The Labute approximate surface area is 112 Å². The molecule has 0 amide bonds. The maximum Gasteiger partial charge on any atom is 0.165 e. The van der Waals surface area contributed by atoms with E-state index in [0.29, 0.717) is 11.0 Å². The van der Waals surface area contributed by atoms with Crippen molar-refractivity contribution in [2.45, 2.75) is 30.6 Å². The maximum absolute atomic E-state index is 13.8. The quantitative estimate of drug-likeness (QED) is 0.905. The summed E-state index contributed by atoms with van der Waals surface area (Å²) in [4.78, 5) is 0. The summed E-state index contributed by atoms with van der Waals surface area (Å²) in [6.07, 6.45) is 3.77. The number of hydrogen-bond acceptors (Lipinski definition) is 3. The van der Waals surface area contributed by atoms with Gasteiger partial charge in [-0.05, 0) is 43.3 Å². The molecular weight excluding hydrogens is 249 g/mol. The third kappa shape index (κ3) is 2.98. The fourth-order valence-electron chi connectivity index (χ4n) is 2.47. The minimum absolute atomic E-state index is 0.218. The minimum Gasteiger partial charge on any atom is -0.494 e. The number of methoxy groups -OCH3 is 1. The van der Waals surface area contributed by atoms with E-state index in [1.807, 2.05) is 24.9 Å². The number of halogens is 1. The topological polar surface area (TPSA) is 21.3 Å². The van der Waals surface area contributed by atoms with Gasteiger partial charge in [0.1, 0.15) is 0 Å². The van der Waals surface area contributed by atoms with Crippen LogP contribution in [0, 0.1) is 5.82 Å². The zero-order chi connectivity index (χ0) is 13.0. The van der Waals surface area contributed by atoms with E-state index in [-0.39, 0.29) is 11.9 Å². The van der Waals surface area contributed by atoms with Crippen LogP contribution in [0.3, 0.4) is 0 Å². The van der Waals surface area contributed by atoms with Gasteiger partial charge in [0.05, 0.1) is 7.11 Å².